The number of benzene rings is 1. The Hall–Kier alpha value is -4.50. The molecule has 2 aliphatic rings. The van der Waals surface area contributed by atoms with Crippen molar-refractivity contribution in [2.75, 3.05) is 19.7 Å². The number of carbonyl (C=O) groups is 5. The number of para-hydroxylation sites is 1. The number of aliphatic imine (C=N–C) groups is 1. The van der Waals surface area contributed by atoms with Gasteiger partial charge in [-0.15, -0.1) is 0 Å². The van der Waals surface area contributed by atoms with E-state index >= 15 is 0 Å². The van der Waals surface area contributed by atoms with Crippen molar-refractivity contribution in [3.05, 3.63) is 42.0 Å². The lowest BCUT2D eigenvalue weighted by atomic mass is 10.00. The Morgan fingerprint density at radius 1 is 0.921 bits per heavy atom. The SMILES string of the molecule is CCCCCCCCCCCCCCCCCC=CC(=O)N(O)CCCC[C@@H](NC(=O)[C@H]1COC(c2ccccc2O)=N1)C(=O)O[C@H](CC)[C@@H](C)C(=O)N[C@@H]1CCCCN(O)C1=O. The summed E-state index contributed by atoms with van der Waals surface area (Å²) in [5.41, 5.74) is 0.321. The summed E-state index contributed by atoms with van der Waals surface area (Å²) in [4.78, 5) is 69.9. The minimum Gasteiger partial charge on any atom is -0.507 e. The summed E-state index contributed by atoms with van der Waals surface area (Å²) in [7, 11) is 0. The molecule has 5 atom stereocenters. The van der Waals surface area contributed by atoms with Gasteiger partial charge in [0, 0.05) is 19.2 Å². The monoisotopic (exact) mass is 884 g/mol. The first kappa shape index (κ1) is 52.8. The van der Waals surface area contributed by atoms with Crippen molar-refractivity contribution in [3.8, 4) is 5.75 Å². The lowest BCUT2D eigenvalue weighted by Crippen LogP contribution is -2.50. The molecule has 0 aromatic heterocycles. The molecule has 2 aliphatic heterocycles. The number of hydrogen-bond donors (Lipinski definition) is 5. The maximum absolute atomic E-state index is 13.7. The second-order valence-electron chi connectivity index (χ2n) is 17.1. The zero-order valence-electron chi connectivity index (χ0n) is 38.3. The Morgan fingerprint density at radius 3 is 2.19 bits per heavy atom. The number of hydroxylamine groups is 4. The number of phenolic OH excluding ortho intramolecular Hbond substituents is 1. The normalized spacial score (nSPS) is 18.0. The van der Waals surface area contributed by atoms with Gasteiger partial charge < -0.3 is 25.2 Å². The number of carbonyl (C=O) groups excluding carboxylic acids is 5. The highest BCUT2D eigenvalue weighted by Crippen LogP contribution is 2.22. The first-order valence-corrected chi connectivity index (χ1v) is 23.9. The minimum absolute atomic E-state index is 0.00246. The number of nitrogens with zero attached hydrogens (tertiary/aromatic N) is 3. The molecule has 0 aliphatic carbocycles. The van der Waals surface area contributed by atoms with Crippen LogP contribution in [0.3, 0.4) is 0 Å². The van der Waals surface area contributed by atoms with Gasteiger partial charge in [0.05, 0.1) is 11.5 Å². The molecular weight excluding hydrogens is 807 g/mol. The van der Waals surface area contributed by atoms with Crippen LogP contribution in [0.4, 0.5) is 0 Å². The van der Waals surface area contributed by atoms with Crippen LogP contribution in [0.25, 0.3) is 0 Å². The number of aromatic hydroxyl groups is 1. The van der Waals surface area contributed by atoms with E-state index in [1.54, 1.807) is 38.1 Å². The van der Waals surface area contributed by atoms with Gasteiger partial charge in [0.1, 0.15) is 30.5 Å². The molecule has 15 heteroatoms. The minimum atomic E-state index is -1.17. The molecule has 0 unspecified atom stereocenters. The molecule has 0 radical (unpaired) electrons. The third kappa shape index (κ3) is 19.8. The maximum atomic E-state index is 13.7. The van der Waals surface area contributed by atoms with Gasteiger partial charge in [0.2, 0.25) is 17.7 Å². The van der Waals surface area contributed by atoms with Crippen LogP contribution in [0.1, 0.15) is 174 Å². The van der Waals surface area contributed by atoms with Gasteiger partial charge in [-0.05, 0) is 69.9 Å². The van der Waals surface area contributed by atoms with Crippen LogP contribution in [0.2, 0.25) is 0 Å². The topological polar surface area (TPSA) is 207 Å². The summed E-state index contributed by atoms with van der Waals surface area (Å²) in [6.07, 6.45) is 24.9. The lowest BCUT2D eigenvalue weighted by molar-refractivity contribution is -0.167. The van der Waals surface area contributed by atoms with Gasteiger partial charge in [-0.2, -0.15) is 0 Å². The number of allylic oxidation sites excluding steroid dienone is 1. The smallest absolute Gasteiger partial charge is 0.328 e. The number of unbranched alkanes of at least 4 members (excludes halogenated alkanes) is 16. The van der Waals surface area contributed by atoms with Crippen LogP contribution in [-0.4, -0.2) is 105 Å². The van der Waals surface area contributed by atoms with Gasteiger partial charge >= 0.3 is 5.97 Å². The van der Waals surface area contributed by atoms with E-state index in [4.69, 9.17) is 9.47 Å². The molecule has 0 bridgehead atoms. The standard InChI is InChI=1S/C48H77N5O10/c1-4-6-7-8-9-10-11-12-13-14-15-16-17-18-19-20-21-32-43(55)52(60)33-26-25-30-39(50-45(57)40-35-62-46(51-40)37-28-22-23-31-41(37)54)48(59)63-42(5-2)36(3)44(56)49-38-29-24-27-34-53(61)47(38)58/h21-23,28,31-32,36,38-40,42,54,60-61H,4-20,24-27,29-30,33-35H2,1-3H3,(H,49,56)(H,50,57)/t36-,38-,39-,40-,42-/m1/s1. The fourth-order valence-electron chi connectivity index (χ4n) is 7.85. The molecule has 1 aromatic carbocycles. The average molecular weight is 884 g/mol. The highest BCUT2D eigenvalue weighted by Gasteiger charge is 2.35. The predicted octanol–water partition coefficient (Wildman–Crippen LogP) is 8.07. The number of rotatable bonds is 31. The van der Waals surface area contributed by atoms with Gasteiger partial charge in [0.15, 0.2) is 6.04 Å². The Bertz CT molecular complexity index is 1600. The van der Waals surface area contributed by atoms with Crippen molar-refractivity contribution in [2.45, 2.75) is 193 Å². The van der Waals surface area contributed by atoms with Crippen molar-refractivity contribution in [3.63, 3.8) is 0 Å². The van der Waals surface area contributed by atoms with E-state index in [9.17, 15) is 39.5 Å². The molecule has 354 valence electrons. The third-order valence-electron chi connectivity index (χ3n) is 11.9. The van der Waals surface area contributed by atoms with Gasteiger partial charge in [-0.1, -0.05) is 129 Å². The quantitative estimate of drug-likeness (QED) is 0.0159. The summed E-state index contributed by atoms with van der Waals surface area (Å²) < 4.78 is 11.4. The van der Waals surface area contributed by atoms with Crippen LogP contribution in [0.5, 0.6) is 5.75 Å². The number of amides is 4. The average Bonchev–Trinajstić information content (AvgIpc) is 3.72. The van der Waals surface area contributed by atoms with E-state index in [1.807, 2.05) is 0 Å². The Balaban J connectivity index is 1.45. The van der Waals surface area contributed by atoms with Crippen molar-refractivity contribution >= 4 is 35.5 Å². The second-order valence-corrected chi connectivity index (χ2v) is 17.1. The molecule has 0 spiro atoms. The van der Waals surface area contributed by atoms with E-state index in [-0.39, 0.29) is 44.2 Å². The number of esters is 1. The Labute approximate surface area is 375 Å². The fourth-order valence-corrected chi connectivity index (χ4v) is 7.85. The van der Waals surface area contributed by atoms with Crippen molar-refractivity contribution in [1.82, 2.24) is 20.8 Å². The second kappa shape index (κ2) is 30.6. The largest absolute Gasteiger partial charge is 0.507 e. The summed E-state index contributed by atoms with van der Waals surface area (Å²) in [5.74, 6) is -3.89. The molecule has 0 saturated carbocycles. The zero-order valence-corrected chi connectivity index (χ0v) is 38.3. The number of hydrogen-bond acceptors (Lipinski definition) is 11. The van der Waals surface area contributed by atoms with Gasteiger partial charge in [-0.25, -0.2) is 19.9 Å². The van der Waals surface area contributed by atoms with Crippen LogP contribution < -0.4 is 10.6 Å². The van der Waals surface area contributed by atoms with Crippen LogP contribution in [-0.2, 0) is 33.4 Å². The summed E-state index contributed by atoms with van der Waals surface area (Å²) in [6.45, 7) is 5.64. The van der Waals surface area contributed by atoms with Crippen molar-refractivity contribution < 1.29 is 49.0 Å². The molecule has 1 aromatic rings. The van der Waals surface area contributed by atoms with Crippen molar-refractivity contribution in [1.29, 1.82) is 0 Å². The Kier molecular flexibility index (Phi) is 25.6. The zero-order chi connectivity index (χ0) is 45.8. The molecular formula is C48H77N5O10. The molecule has 4 amide bonds. The third-order valence-corrected chi connectivity index (χ3v) is 11.9. The Morgan fingerprint density at radius 2 is 1.56 bits per heavy atom. The van der Waals surface area contributed by atoms with Crippen LogP contribution in [0.15, 0.2) is 41.4 Å². The highest BCUT2D eigenvalue weighted by atomic mass is 16.5. The number of nitrogens with one attached hydrogen (secondary N) is 2. The van der Waals surface area contributed by atoms with E-state index < -0.39 is 59.7 Å². The number of ether oxygens (including phenoxy) is 2. The van der Waals surface area contributed by atoms with Crippen LogP contribution >= 0.6 is 0 Å². The summed E-state index contributed by atoms with van der Waals surface area (Å²) >= 11 is 0. The van der Waals surface area contributed by atoms with Crippen LogP contribution in [0, 0.1) is 5.92 Å². The summed E-state index contributed by atoms with van der Waals surface area (Å²) in [5, 5.41) is 37.3. The maximum Gasteiger partial charge on any atom is 0.328 e. The fraction of sp³-hybridized carbons (Fsp3) is 0.708. The van der Waals surface area contributed by atoms with Crippen molar-refractivity contribution in [2.24, 2.45) is 10.9 Å². The molecule has 1 saturated heterocycles. The molecule has 5 N–H and O–H groups in total. The number of phenols is 1. The first-order valence-electron chi connectivity index (χ1n) is 23.9. The molecule has 2 heterocycles. The predicted molar refractivity (Wildman–Crippen MR) is 241 cm³/mol. The van der Waals surface area contributed by atoms with Gasteiger partial charge in [0.25, 0.3) is 11.8 Å². The van der Waals surface area contributed by atoms with E-state index in [0.717, 1.165) is 19.3 Å². The molecule has 3 rings (SSSR count). The molecule has 63 heavy (non-hydrogen) atoms. The molecule has 15 nitrogen and oxygen atoms in total. The first-order chi connectivity index (χ1) is 30.5. The summed E-state index contributed by atoms with van der Waals surface area (Å²) in [6, 6.07) is 3.33. The van der Waals surface area contributed by atoms with E-state index in [0.29, 0.717) is 47.8 Å². The van der Waals surface area contributed by atoms with E-state index in [1.165, 1.54) is 95.6 Å². The molecule has 1 fully saturated rings. The van der Waals surface area contributed by atoms with E-state index in [2.05, 4.69) is 22.5 Å². The highest BCUT2D eigenvalue weighted by molar-refractivity contribution is 6.00. The lowest BCUT2D eigenvalue weighted by Gasteiger charge is -2.27. The van der Waals surface area contributed by atoms with Gasteiger partial charge in [-0.3, -0.25) is 29.6 Å².